The zero-order chi connectivity index (χ0) is 17.9. The lowest BCUT2D eigenvalue weighted by molar-refractivity contribution is 1.14. The Kier molecular flexibility index (Phi) is 4.63. The van der Waals surface area contributed by atoms with Crippen molar-refractivity contribution in [3.63, 3.8) is 0 Å². The van der Waals surface area contributed by atoms with Crippen molar-refractivity contribution in [3.8, 4) is 21.7 Å². The predicted octanol–water partition coefficient (Wildman–Crippen LogP) is 6.08. The molecule has 0 bridgehead atoms. The molecule has 0 saturated carbocycles. The molecule has 0 unspecified atom stereocenters. The number of thiazole rings is 1. The Morgan fingerprint density at radius 3 is 2.46 bits per heavy atom. The Hall–Kier alpha value is -2.78. The highest BCUT2D eigenvalue weighted by molar-refractivity contribution is 7.15. The van der Waals surface area contributed by atoms with Crippen molar-refractivity contribution in [2.45, 2.75) is 20.3 Å². The molecule has 0 atom stereocenters. The highest BCUT2D eigenvalue weighted by Gasteiger charge is 2.15. The van der Waals surface area contributed by atoms with Crippen molar-refractivity contribution in [1.29, 1.82) is 0 Å². The summed E-state index contributed by atoms with van der Waals surface area (Å²) in [5.41, 5.74) is 6.98. The van der Waals surface area contributed by atoms with E-state index in [1.54, 1.807) is 11.3 Å². The lowest BCUT2D eigenvalue weighted by Crippen LogP contribution is -1.88. The molecule has 3 heteroatoms. The second-order valence-corrected chi connectivity index (χ2v) is 7.59. The van der Waals surface area contributed by atoms with Gasteiger partial charge in [0.2, 0.25) is 0 Å². The van der Waals surface area contributed by atoms with Crippen LogP contribution in [0.5, 0.6) is 0 Å². The topological polar surface area (TPSA) is 25.8 Å². The lowest BCUT2D eigenvalue weighted by Gasteiger charge is -2.04. The van der Waals surface area contributed by atoms with Crippen LogP contribution in [0.2, 0.25) is 0 Å². The number of benzene rings is 2. The molecule has 0 N–H and O–H groups in total. The van der Waals surface area contributed by atoms with Crippen LogP contribution >= 0.6 is 11.3 Å². The summed E-state index contributed by atoms with van der Waals surface area (Å²) >= 11 is 1.78. The average Bonchev–Trinajstić information content (AvgIpc) is 3.06. The van der Waals surface area contributed by atoms with Crippen molar-refractivity contribution < 1.29 is 0 Å². The van der Waals surface area contributed by atoms with Gasteiger partial charge in [0, 0.05) is 23.9 Å². The normalized spacial score (nSPS) is 10.8. The Morgan fingerprint density at radius 1 is 0.846 bits per heavy atom. The van der Waals surface area contributed by atoms with Crippen LogP contribution in [0.4, 0.5) is 0 Å². The Morgan fingerprint density at radius 2 is 1.69 bits per heavy atom. The average molecular weight is 356 g/mol. The summed E-state index contributed by atoms with van der Waals surface area (Å²) in [6, 6.07) is 23.3. The number of nitrogens with zero attached hydrogens (tertiary/aromatic N) is 2. The Labute approximate surface area is 158 Å². The van der Waals surface area contributed by atoms with E-state index in [-0.39, 0.29) is 0 Å². The maximum absolute atomic E-state index is 5.02. The first kappa shape index (κ1) is 16.7. The summed E-state index contributed by atoms with van der Waals surface area (Å²) in [7, 11) is 0. The van der Waals surface area contributed by atoms with Gasteiger partial charge < -0.3 is 0 Å². The van der Waals surface area contributed by atoms with E-state index in [0.717, 1.165) is 22.8 Å². The molecule has 4 rings (SSSR count). The molecule has 0 saturated heterocycles. The van der Waals surface area contributed by atoms with Gasteiger partial charge in [0.05, 0.1) is 15.6 Å². The molecule has 26 heavy (non-hydrogen) atoms. The number of aryl methyl sites for hydroxylation is 2. The first-order chi connectivity index (χ1) is 12.7. The van der Waals surface area contributed by atoms with Gasteiger partial charge in [-0.2, -0.15) is 0 Å². The number of rotatable bonds is 4. The minimum Gasteiger partial charge on any atom is -0.262 e. The van der Waals surface area contributed by atoms with Gasteiger partial charge >= 0.3 is 0 Å². The monoisotopic (exact) mass is 356 g/mol. The van der Waals surface area contributed by atoms with Crippen LogP contribution < -0.4 is 0 Å². The highest BCUT2D eigenvalue weighted by atomic mass is 32.1. The van der Waals surface area contributed by atoms with Gasteiger partial charge in [-0.15, -0.1) is 11.3 Å². The van der Waals surface area contributed by atoms with E-state index < -0.39 is 0 Å². The van der Waals surface area contributed by atoms with Crippen LogP contribution in [0.15, 0.2) is 72.9 Å². The molecule has 0 amide bonds. The SMILES string of the molecule is Cc1cccc(-c2nc(Cc3ccccc3)sc2-c2ccnc(C)c2)c1. The third kappa shape index (κ3) is 3.58. The maximum atomic E-state index is 5.02. The van der Waals surface area contributed by atoms with Crippen LogP contribution in [0.25, 0.3) is 21.7 Å². The fourth-order valence-corrected chi connectivity index (χ4v) is 4.20. The molecule has 0 aliphatic carbocycles. The second kappa shape index (κ2) is 7.22. The minimum absolute atomic E-state index is 0.856. The standard InChI is InChI=1S/C23H20N2S/c1-16-7-6-10-19(13-16)22-23(20-11-12-24-17(2)14-20)26-21(25-22)15-18-8-4-3-5-9-18/h3-14H,15H2,1-2H3. The third-order valence-electron chi connectivity index (χ3n) is 4.32. The lowest BCUT2D eigenvalue weighted by atomic mass is 10.1. The molecule has 2 aromatic heterocycles. The zero-order valence-electron chi connectivity index (χ0n) is 14.9. The molecule has 0 fully saturated rings. The molecule has 2 aromatic carbocycles. The predicted molar refractivity (Wildman–Crippen MR) is 110 cm³/mol. The Bertz CT molecular complexity index is 972. The number of hydrogen-bond donors (Lipinski definition) is 0. The molecule has 2 nitrogen and oxygen atoms in total. The van der Waals surface area contributed by atoms with E-state index in [1.165, 1.54) is 27.1 Å². The quantitative estimate of drug-likeness (QED) is 0.443. The summed E-state index contributed by atoms with van der Waals surface area (Å²) < 4.78 is 0. The van der Waals surface area contributed by atoms with Crippen LogP contribution in [0, 0.1) is 13.8 Å². The molecule has 0 aliphatic rings. The molecule has 2 heterocycles. The van der Waals surface area contributed by atoms with Gasteiger partial charge in [-0.3, -0.25) is 4.98 Å². The summed E-state index contributed by atoms with van der Waals surface area (Å²) in [6.07, 6.45) is 2.73. The summed E-state index contributed by atoms with van der Waals surface area (Å²) in [6.45, 7) is 4.15. The highest BCUT2D eigenvalue weighted by Crippen LogP contribution is 2.37. The minimum atomic E-state index is 0.856. The second-order valence-electron chi connectivity index (χ2n) is 6.50. The van der Waals surface area contributed by atoms with E-state index in [1.807, 2.05) is 13.1 Å². The Balaban J connectivity index is 1.82. The van der Waals surface area contributed by atoms with Gasteiger partial charge in [-0.1, -0.05) is 54.1 Å². The molecule has 0 radical (unpaired) electrons. The molecule has 128 valence electrons. The van der Waals surface area contributed by atoms with Crippen LogP contribution in [-0.2, 0) is 6.42 Å². The van der Waals surface area contributed by atoms with E-state index >= 15 is 0 Å². The van der Waals surface area contributed by atoms with Crippen molar-refractivity contribution >= 4 is 11.3 Å². The van der Waals surface area contributed by atoms with Crippen LogP contribution in [0.1, 0.15) is 21.8 Å². The maximum Gasteiger partial charge on any atom is 0.0982 e. The van der Waals surface area contributed by atoms with E-state index in [4.69, 9.17) is 4.98 Å². The summed E-state index contributed by atoms with van der Waals surface area (Å²) in [5, 5.41) is 1.14. The van der Waals surface area contributed by atoms with Gasteiger partial charge in [0.1, 0.15) is 0 Å². The number of hydrogen-bond acceptors (Lipinski definition) is 3. The smallest absolute Gasteiger partial charge is 0.0982 e. The van der Waals surface area contributed by atoms with Crippen LogP contribution in [0.3, 0.4) is 0 Å². The van der Waals surface area contributed by atoms with Gasteiger partial charge in [0.25, 0.3) is 0 Å². The number of pyridine rings is 1. The van der Waals surface area contributed by atoms with E-state index in [0.29, 0.717) is 0 Å². The molecule has 0 spiro atoms. The van der Waals surface area contributed by atoms with Crippen molar-refractivity contribution in [3.05, 3.63) is 94.8 Å². The fourth-order valence-electron chi connectivity index (χ4n) is 3.08. The van der Waals surface area contributed by atoms with Gasteiger partial charge in [-0.05, 0) is 43.2 Å². The fraction of sp³-hybridized carbons (Fsp3) is 0.130. The van der Waals surface area contributed by atoms with E-state index in [2.05, 4.69) is 78.6 Å². The van der Waals surface area contributed by atoms with Crippen molar-refractivity contribution in [2.24, 2.45) is 0 Å². The molecular formula is C23H20N2S. The molecule has 4 aromatic rings. The summed E-state index contributed by atoms with van der Waals surface area (Å²) in [5.74, 6) is 0. The van der Waals surface area contributed by atoms with Crippen LogP contribution in [-0.4, -0.2) is 9.97 Å². The van der Waals surface area contributed by atoms with Crippen molar-refractivity contribution in [1.82, 2.24) is 9.97 Å². The first-order valence-corrected chi connectivity index (χ1v) is 9.54. The van der Waals surface area contributed by atoms with Gasteiger partial charge in [-0.25, -0.2) is 4.98 Å². The zero-order valence-corrected chi connectivity index (χ0v) is 15.8. The summed E-state index contributed by atoms with van der Waals surface area (Å²) in [4.78, 5) is 10.6. The first-order valence-electron chi connectivity index (χ1n) is 8.73. The van der Waals surface area contributed by atoms with Gasteiger partial charge in [0.15, 0.2) is 0 Å². The number of aromatic nitrogens is 2. The van der Waals surface area contributed by atoms with Crippen molar-refractivity contribution in [2.75, 3.05) is 0 Å². The third-order valence-corrected chi connectivity index (χ3v) is 5.42. The molecular weight excluding hydrogens is 336 g/mol. The van der Waals surface area contributed by atoms with E-state index in [9.17, 15) is 0 Å². The largest absolute Gasteiger partial charge is 0.262 e. The molecule has 0 aliphatic heterocycles.